The third kappa shape index (κ3) is 3.90. The summed E-state index contributed by atoms with van der Waals surface area (Å²) < 4.78 is 1.93. The molecule has 31 heavy (non-hydrogen) atoms. The van der Waals surface area contributed by atoms with Gasteiger partial charge in [0.15, 0.2) is 0 Å². The van der Waals surface area contributed by atoms with Crippen LogP contribution in [0.5, 0.6) is 0 Å². The number of carbonyl (C=O) groups excluding carboxylic acids is 3. The zero-order valence-electron chi connectivity index (χ0n) is 17.4. The van der Waals surface area contributed by atoms with Gasteiger partial charge in [0.2, 0.25) is 0 Å². The summed E-state index contributed by atoms with van der Waals surface area (Å²) in [5.41, 5.74) is 3.05. The summed E-state index contributed by atoms with van der Waals surface area (Å²) in [6, 6.07) is 6.46. The monoisotopic (exact) mass is 459 g/mol. The summed E-state index contributed by atoms with van der Waals surface area (Å²) in [6.45, 7) is 3.79. The minimum absolute atomic E-state index is 0.0392. The predicted octanol–water partition coefficient (Wildman–Crippen LogP) is 5.20. The van der Waals surface area contributed by atoms with Crippen molar-refractivity contribution < 1.29 is 14.4 Å². The molecule has 2 aromatic rings. The molecule has 0 radical (unpaired) electrons. The molecule has 4 amide bonds. The van der Waals surface area contributed by atoms with Crippen LogP contribution in [-0.2, 0) is 9.59 Å². The number of hydrogen-bond acceptors (Lipinski definition) is 3. The van der Waals surface area contributed by atoms with E-state index in [2.05, 4.69) is 5.32 Å². The molecule has 2 aliphatic rings. The lowest BCUT2D eigenvalue weighted by Gasteiger charge is -2.35. The van der Waals surface area contributed by atoms with E-state index in [1.165, 1.54) is 4.90 Å². The first-order chi connectivity index (χ1) is 14.8. The van der Waals surface area contributed by atoms with Crippen molar-refractivity contribution >= 4 is 47.1 Å². The summed E-state index contributed by atoms with van der Waals surface area (Å²) in [4.78, 5) is 39.3. The second-order valence-corrected chi connectivity index (χ2v) is 8.80. The third-order valence-electron chi connectivity index (χ3n) is 6.02. The summed E-state index contributed by atoms with van der Waals surface area (Å²) in [6.07, 6.45) is 6.12. The predicted molar refractivity (Wildman–Crippen MR) is 120 cm³/mol. The van der Waals surface area contributed by atoms with Crippen molar-refractivity contribution in [3.05, 3.63) is 56.8 Å². The van der Waals surface area contributed by atoms with Crippen molar-refractivity contribution in [2.75, 3.05) is 0 Å². The van der Waals surface area contributed by atoms with Gasteiger partial charge >= 0.3 is 6.03 Å². The van der Waals surface area contributed by atoms with Gasteiger partial charge < -0.3 is 4.57 Å². The lowest BCUT2D eigenvalue weighted by molar-refractivity contribution is -0.132. The molecule has 0 spiro atoms. The lowest BCUT2D eigenvalue weighted by Crippen LogP contribution is -2.58. The molecule has 6 nitrogen and oxygen atoms in total. The molecule has 0 bridgehead atoms. The number of aromatic nitrogens is 1. The highest BCUT2D eigenvalue weighted by Crippen LogP contribution is 2.33. The maximum atomic E-state index is 13.2. The van der Waals surface area contributed by atoms with Crippen LogP contribution in [0.25, 0.3) is 11.8 Å². The molecule has 162 valence electrons. The number of nitrogens with one attached hydrogen (secondary N) is 1. The Morgan fingerprint density at radius 3 is 2.48 bits per heavy atom. The largest absolute Gasteiger partial charge is 0.331 e. The van der Waals surface area contributed by atoms with Crippen molar-refractivity contribution in [3.63, 3.8) is 0 Å². The average Bonchev–Trinajstić information content (AvgIpc) is 3.01. The molecule has 0 unspecified atom stereocenters. The molecule has 2 heterocycles. The topological polar surface area (TPSA) is 71.4 Å². The smallest absolute Gasteiger partial charge is 0.316 e. The third-order valence-corrected chi connectivity index (χ3v) is 6.82. The number of carbonyl (C=O) groups is 3. The Labute approximate surface area is 190 Å². The van der Waals surface area contributed by atoms with E-state index in [0.717, 1.165) is 43.5 Å². The van der Waals surface area contributed by atoms with E-state index in [4.69, 9.17) is 23.2 Å². The Balaban J connectivity index is 1.74. The van der Waals surface area contributed by atoms with Gasteiger partial charge in [0, 0.05) is 17.4 Å². The number of imide groups is 2. The molecule has 1 aromatic carbocycles. The quantitative estimate of drug-likeness (QED) is 0.506. The number of rotatable bonds is 3. The fourth-order valence-corrected chi connectivity index (χ4v) is 4.85. The minimum atomic E-state index is -0.673. The van der Waals surface area contributed by atoms with Crippen molar-refractivity contribution in [1.82, 2.24) is 14.8 Å². The highest BCUT2D eigenvalue weighted by molar-refractivity contribution is 6.43. The molecule has 1 saturated carbocycles. The van der Waals surface area contributed by atoms with E-state index in [1.807, 2.05) is 36.6 Å². The molecular weight excluding hydrogens is 437 g/mol. The van der Waals surface area contributed by atoms with Crippen LogP contribution < -0.4 is 5.32 Å². The number of amides is 4. The molecule has 1 aliphatic carbocycles. The standard InChI is InChI=1S/C23H23Cl2N3O3/c1-13-11-15(14(2)27(13)19-10-6-9-18(24)20(19)25)12-17-21(29)26-23(31)28(22(17)30)16-7-4-3-5-8-16/h6,9-12,16H,3-5,7-8H2,1-2H3,(H,26,29,31)/b17-12+. The molecule has 1 saturated heterocycles. The van der Waals surface area contributed by atoms with Crippen LogP contribution >= 0.6 is 23.2 Å². The number of urea groups is 1. The Hall–Kier alpha value is -2.57. The van der Waals surface area contributed by atoms with Crippen LogP contribution in [-0.4, -0.2) is 33.4 Å². The van der Waals surface area contributed by atoms with Gasteiger partial charge in [-0.3, -0.25) is 19.8 Å². The first-order valence-corrected chi connectivity index (χ1v) is 11.1. The molecular formula is C23H23Cl2N3O3. The highest BCUT2D eigenvalue weighted by atomic mass is 35.5. The van der Waals surface area contributed by atoms with Gasteiger partial charge in [-0.1, -0.05) is 48.5 Å². The van der Waals surface area contributed by atoms with Gasteiger partial charge in [-0.15, -0.1) is 0 Å². The first kappa shape index (κ1) is 21.7. The number of nitrogens with zero attached hydrogens (tertiary/aromatic N) is 2. The van der Waals surface area contributed by atoms with Gasteiger partial charge in [0.1, 0.15) is 5.57 Å². The van der Waals surface area contributed by atoms with Gasteiger partial charge in [-0.05, 0) is 56.5 Å². The summed E-state index contributed by atoms with van der Waals surface area (Å²) in [7, 11) is 0. The van der Waals surface area contributed by atoms with Crippen molar-refractivity contribution in [2.24, 2.45) is 0 Å². The molecule has 1 aromatic heterocycles. The number of halogens is 2. The molecule has 1 N–H and O–H groups in total. The van der Waals surface area contributed by atoms with Crippen LogP contribution in [0.3, 0.4) is 0 Å². The van der Waals surface area contributed by atoms with Gasteiger partial charge in [0.05, 0.1) is 15.7 Å². The molecule has 0 atom stereocenters. The van der Waals surface area contributed by atoms with Crippen LogP contribution in [0.2, 0.25) is 10.0 Å². The van der Waals surface area contributed by atoms with E-state index in [9.17, 15) is 14.4 Å². The fourth-order valence-electron chi connectivity index (χ4n) is 4.47. The van der Waals surface area contributed by atoms with E-state index >= 15 is 0 Å². The van der Waals surface area contributed by atoms with E-state index < -0.39 is 17.8 Å². The van der Waals surface area contributed by atoms with Crippen molar-refractivity contribution in [1.29, 1.82) is 0 Å². The van der Waals surface area contributed by atoms with Gasteiger partial charge in [0.25, 0.3) is 11.8 Å². The van der Waals surface area contributed by atoms with Gasteiger partial charge in [-0.25, -0.2) is 4.79 Å². The Morgan fingerprint density at radius 2 is 1.77 bits per heavy atom. The van der Waals surface area contributed by atoms with Crippen LogP contribution in [0, 0.1) is 13.8 Å². The van der Waals surface area contributed by atoms with E-state index in [-0.39, 0.29) is 11.6 Å². The second kappa shape index (κ2) is 8.52. The molecule has 8 heteroatoms. The van der Waals surface area contributed by atoms with Crippen molar-refractivity contribution in [2.45, 2.75) is 52.0 Å². The number of barbiturate groups is 1. The molecule has 1 aliphatic heterocycles. The summed E-state index contributed by atoms with van der Waals surface area (Å²) in [5, 5.41) is 3.19. The van der Waals surface area contributed by atoms with Crippen LogP contribution in [0.1, 0.15) is 49.1 Å². The average molecular weight is 460 g/mol. The maximum Gasteiger partial charge on any atom is 0.331 e. The van der Waals surface area contributed by atoms with Crippen molar-refractivity contribution in [3.8, 4) is 5.69 Å². The number of benzene rings is 1. The minimum Gasteiger partial charge on any atom is -0.316 e. The van der Waals surface area contributed by atoms with Crippen LogP contribution in [0.4, 0.5) is 4.79 Å². The van der Waals surface area contributed by atoms with E-state index in [1.54, 1.807) is 12.1 Å². The first-order valence-electron chi connectivity index (χ1n) is 10.3. The SMILES string of the molecule is Cc1cc(/C=C2\C(=O)NC(=O)N(C3CCCCC3)C2=O)c(C)n1-c1cccc(Cl)c1Cl. The number of aryl methyl sites for hydroxylation is 1. The lowest BCUT2D eigenvalue weighted by atomic mass is 9.93. The number of hydrogen-bond donors (Lipinski definition) is 1. The summed E-state index contributed by atoms with van der Waals surface area (Å²) >= 11 is 12.6. The molecule has 2 fully saturated rings. The Bertz CT molecular complexity index is 1110. The fraction of sp³-hybridized carbons (Fsp3) is 0.348. The molecule has 4 rings (SSSR count). The zero-order valence-corrected chi connectivity index (χ0v) is 18.9. The second-order valence-electron chi connectivity index (χ2n) is 8.02. The normalized spacial score (nSPS) is 19.3. The van der Waals surface area contributed by atoms with Crippen LogP contribution in [0.15, 0.2) is 29.8 Å². The Morgan fingerprint density at radius 1 is 1.06 bits per heavy atom. The maximum absolute atomic E-state index is 13.2. The zero-order chi connectivity index (χ0) is 22.3. The Kier molecular flexibility index (Phi) is 5.95. The van der Waals surface area contributed by atoms with Gasteiger partial charge in [-0.2, -0.15) is 0 Å². The van der Waals surface area contributed by atoms with E-state index in [0.29, 0.717) is 21.3 Å². The highest BCUT2D eigenvalue weighted by Gasteiger charge is 2.40. The summed E-state index contributed by atoms with van der Waals surface area (Å²) in [5.74, 6) is -1.21.